The molecular formula is C14H15N3O2S. The monoisotopic (exact) mass is 289 g/mol. The Labute approximate surface area is 120 Å². The normalized spacial score (nSPS) is 10.5. The van der Waals surface area contributed by atoms with Crippen molar-refractivity contribution in [3.8, 4) is 0 Å². The number of H-pyrrole nitrogens is 1. The Hall–Kier alpha value is -1.95. The number of aromatic amines is 1. The molecule has 20 heavy (non-hydrogen) atoms. The third kappa shape index (κ3) is 4.03. The molecule has 2 rings (SSSR count). The molecule has 0 aliphatic rings. The predicted octanol–water partition coefficient (Wildman–Crippen LogP) is 1.69. The van der Waals surface area contributed by atoms with Gasteiger partial charge in [-0.1, -0.05) is 41.6 Å². The lowest BCUT2D eigenvalue weighted by Gasteiger charge is -2.02. The summed E-state index contributed by atoms with van der Waals surface area (Å²) in [6, 6.07) is 7.86. The summed E-state index contributed by atoms with van der Waals surface area (Å²) in [5.74, 6) is 0.352. The second kappa shape index (κ2) is 6.47. The van der Waals surface area contributed by atoms with Crippen LogP contribution in [0.4, 0.5) is 0 Å². The number of carbonyl (C=O) groups is 1. The van der Waals surface area contributed by atoms with Gasteiger partial charge in [-0.3, -0.25) is 14.6 Å². The Morgan fingerprint density at radius 2 is 2.10 bits per heavy atom. The molecule has 6 heteroatoms. The molecule has 0 saturated heterocycles. The van der Waals surface area contributed by atoms with Crippen molar-refractivity contribution >= 4 is 17.5 Å². The molecule has 2 aromatic rings. The molecule has 0 atom stereocenters. The molecule has 0 unspecified atom stereocenters. The fourth-order valence-corrected chi connectivity index (χ4v) is 2.36. The van der Waals surface area contributed by atoms with Crippen molar-refractivity contribution in [2.45, 2.75) is 25.4 Å². The molecule has 0 bridgehead atoms. The zero-order valence-electron chi connectivity index (χ0n) is 11.3. The van der Waals surface area contributed by atoms with Crippen LogP contribution in [0, 0.1) is 13.8 Å². The van der Waals surface area contributed by atoms with Gasteiger partial charge in [0, 0.05) is 6.42 Å². The minimum Gasteiger partial charge on any atom is -0.298 e. The number of thioether (sulfide) groups is 1. The third-order valence-electron chi connectivity index (χ3n) is 2.69. The first kappa shape index (κ1) is 14.5. The van der Waals surface area contributed by atoms with Crippen molar-refractivity contribution in [3.63, 3.8) is 0 Å². The summed E-state index contributed by atoms with van der Waals surface area (Å²) in [6.07, 6.45) is 0.387. The van der Waals surface area contributed by atoms with Crippen molar-refractivity contribution < 1.29 is 4.79 Å². The molecular weight excluding hydrogens is 274 g/mol. The van der Waals surface area contributed by atoms with E-state index >= 15 is 0 Å². The Bertz CT molecular complexity index is 682. The molecule has 0 radical (unpaired) electrons. The summed E-state index contributed by atoms with van der Waals surface area (Å²) in [5, 5.41) is 7.94. The second-order valence-corrected chi connectivity index (χ2v) is 5.50. The van der Waals surface area contributed by atoms with E-state index in [4.69, 9.17) is 0 Å². The Kier molecular flexibility index (Phi) is 4.68. The predicted molar refractivity (Wildman–Crippen MR) is 78.0 cm³/mol. The molecule has 1 heterocycles. The number of aryl methyl sites for hydroxylation is 2. The maximum atomic E-state index is 11.9. The number of hydrogen-bond donors (Lipinski definition) is 1. The van der Waals surface area contributed by atoms with Gasteiger partial charge in [-0.15, -0.1) is 10.2 Å². The first-order chi connectivity index (χ1) is 9.54. The minimum absolute atomic E-state index is 0.0869. The number of nitrogens with zero attached hydrogens (tertiary/aromatic N) is 2. The van der Waals surface area contributed by atoms with E-state index in [0.717, 1.165) is 11.1 Å². The van der Waals surface area contributed by atoms with Gasteiger partial charge in [0.15, 0.2) is 5.16 Å². The molecule has 0 fully saturated rings. The average Bonchev–Trinajstić information content (AvgIpc) is 2.40. The zero-order valence-corrected chi connectivity index (χ0v) is 12.2. The Morgan fingerprint density at radius 1 is 1.30 bits per heavy atom. The smallest absolute Gasteiger partial charge is 0.273 e. The highest BCUT2D eigenvalue weighted by molar-refractivity contribution is 7.99. The van der Waals surface area contributed by atoms with Crippen LogP contribution in [0.5, 0.6) is 0 Å². The van der Waals surface area contributed by atoms with Gasteiger partial charge in [-0.05, 0) is 19.4 Å². The lowest BCUT2D eigenvalue weighted by Crippen LogP contribution is -2.15. The van der Waals surface area contributed by atoms with Crippen molar-refractivity contribution in [1.82, 2.24) is 15.2 Å². The SMILES string of the molecule is Cc1cccc(CC(=O)CSc2nnc(C)c(=O)[nH]2)c1. The van der Waals surface area contributed by atoms with Crippen LogP contribution in [0.2, 0.25) is 0 Å². The van der Waals surface area contributed by atoms with Gasteiger partial charge in [0.05, 0.1) is 5.75 Å². The molecule has 0 saturated carbocycles. The number of aromatic nitrogens is 3. The van der Waals surface area contributed by atoms with Gasteiger partial charge < -0.3 is 0 Å². The summed E-state index contributed by atoms with van der Waals surface area (Å²) in [7, 11) is 0. The highest BCUT2D eigenvalue weighted by Gasteiger charge is 2.07. The van der Waals surface area contributed by atoms with Crippen molar-refractivity contribution in [2.24, 2.45) is 0 Å². The van der Waals surface area contributed by atoms with E-state index in [2.05, 4.69) is 15.2 Å². The van der Waals surface area contributed by atoms with Crippen LogP contribution in [-0.4, -0.2) is 26.7 Å². The molecule has 5 nitrogen and oxygen atoms in total. The Morgan fingerprint density at radius 3 is 2.80 bits per heavy atom. The number of ketones is 1. The first-order valence-electron chi connectivity index (χ1n) is 6.18. The van der Waals surface area contributed by atoms with E-state index in [9.17, 15) is 9.59 Å². The van der Waals surface area contributed by atoms with Crippen LogP contribution in [0.1, 0.15) is 16.8 Å². The largest absolute Gasteiger partial charge is 0.298 e. The van der Waals surface area contributed by atoms with Gasteiger partial charge >= 0.3 is 0 Å². The Balaban J connectivity index is 1.92. The van der Waals surface area contributed by atoms with Crippen molar-refractivity contribution in [2.75, 3.05) is 5.75 Å². The van der Waals surface area contributed by atoms with Crippen LogP contribution in [0.15, 0.2) is 34.2 Å². The highest BCUT2D eigenvalue weighted by Crippen LogP contribution is 2.12. The van der Waals surface area contributed by atoms with E-state index in [-0.39, 0.29) is 17.1 Å². The number of benzene rings is 1. The van der Waals surface area contributed by atoms with Crippen LogP contribution in [0.3, 0.4) is 0 Å². The van der Waals surface area contributed by atoms with E-state index in [0.29, 0.717) is 17.3 Å². The highest BCUT2D eigenvalue weighted by atomic mass is 32.2. The standard InChI is InChI=1S/C14H15N3O2S/c1-9-4-3-5-11(6-9)7-12(18)8-20-14-15-13(19)10(2)16-17-14/h3-6H,7-8H2,1-2H3,(H,15,17,19). The van der Waals surface area contributed by atoms with Crippen LogP contribution < -0.4 is 5.56 Å². The molecule has 0 aliphatic heterocycles. The number of nitrogens with one attached hydrogen (secondary N) is 1. The van der Waals surface area contributed by atoms with Gasteiger partial charge in [0.2, 0.25) is 0 Å². The quantitative estimate of drug-likeness (QED) is 0.848. The van der Waals surface area contributed by atoms with E-state index in [1.807, 2.05) is 31.2 Å². The fraction of sp³-hybridized carbons (Fsp3) is 0.286. The number of Topliss-reactive ketones (excluding diaryl/α,β-unsaturated/α-hetero) is 1. The van der Waals surface area contributed by atoms with E-state index < -0.39 is 0 Å². The van der Waals surface area contributed by atoms with E-state index in [1.165, 1.54) is 11.8 Å². The lowest BCUT2D eigenvalue weighted by atomic mass is 10.1. The molecule has 104 valence electrons. The van der Waals surface area contributed by atoms with Crippen molar-refractivity contribution in [3.05, 3.63) is 51.4 Å². The van der Waals surface area contributed by atoms with Crippen LogP contribution in [0.25, 0.3) is 0 Å². The topological polar surface area (TPSA) is 75.7 Å². The zero-order chi connectivity index (χ0) is 14.5. The summed E-state index contributed by atoms with van der Waals surface area (Å²) in [6.45, 7) is 3.58. The maximum absolute atomic E-state index is 11.9. The number of rotatable bonds is 5. The van der Waals surface area contributed by atoms with Crippen LogP contribution >= 0.6 is 11.8 Å². The van der Waals surface area contributed by atoms with Crippen molar-refractivity contribution in [1.29, 1.82) is 0 Å². The van der Waals surface area contributed by atoms with E-state index in [1.54, 1.807) is 6.92 Å². The molecule has 1 aromatic carbocycles. The molecule has 1 N–H and O–H groups in total. The average molecular weight is 289 g/mol. The van der Waals surface area contributed by atoms with Gasteiger partial charge in [-0.2, -0.15) is 0 Å². The van der Waals surface area contributed by atoms with Crippen LogP contribution in [-0.2, 0) is 11.2 Å². The maximum Gasteiger partial charge on any atom is 0.273 e. The summed E-state index contributed by atoms with van der Waals surface area (Å²) >= 11 is 1.20. The molecule has 0 aliphatic carbocycles. The third-order valence-corrected chi connectivity index (χ3v) is 3.62. The van der Waals surface area contributed by atoms with Gasteiger partial charge in [0.25, 0.3) is 5.56 Å². The fourth-order valence-electron chi connectivity index (χ4n) is 1.69. The lowest BCUT2D eigenvalue weighted by molar-refractivity contribution is -0.116. The second-order valence-electron chi connectivity index (χ2n) is 4.54. The molecule has 0 amide bonds. The minimum atomic E-state index is -0.270. The first-order valence-corrected chi connectivity index (χ1v) is 7.17. The summed E-state index contributed by atoms with van der Waals surface area (Å²) in [4.78, 5) is 25.8. The molecule has 1 aromatic heterocycles. The van der Waals surface area contributed by atoms with Gasteiger partial charge in [0.1, 0.15) is 11.5 Å². The summed E-state index contributed by atoms with van der Waals surface area (Å²) in [5.41, 5.74) is 2.19. The van der Waals surface area contributed by atoms with Gasteiger partial charge in [-0.25, -0.2) is 0 Å². The summed E-state index contributed by atoms with van der Waals surface area (Å²) < 4.78 is 0. The molecule has 0 spiro atoms. The number of carbonyl (C=O) groups excluding carboxylic acids is 1. The number of hydrogen-bond acceptors (Lipinski definition) is 5.